The molecule has 0 spiro atoms. The number of carbonyl (C=O) groups is 1. The summed E-state index contributed by atoms with van der Waals surface area (Å²) < 4.78 is 5.48. The van der Waals surface area contributed by atoms with E-state index in [9.17, 15) is 4.79 Å². The van der Waals surface area contributed by atoms with Crippen molar-refractivity contribution in [3.63, 3.8) is 0 Å². The smallest absolute Gasteiger partial charge is 0.410 e. The molecule has 1 fully saturated rings. The summed E-state index contributed by atoms with van der Waals surface area (Å²) in [6.07, 6.45) is -0.294. The molecule has 1 aliphatic heterocycles. The van der Waals surface area contributed by atoms with Crippen molar-refractivity contribution < 1.29 is 9.53 Å². The van der Waals surface area contributed by atoms with Crippen LogP contribution in [-0.2, 0) is 4.74 Å². The first kappa shape index (κ1) is 22.8. The monoisotopic (exact) mass is 440 g/mol. The number of carbonyl (C=O) groups excluding carboxylic acids is 1. The molecule has 0 aliphatic carbocycles. The average molecular weight is 441 g/mol. The standard InChI is InChI=1S/C24H29ClN4O2/c1-17-9-8-11-19(18-10-6-7-12-20(18)25)21(17)27-22(26-5)28-13-15-29(16-14-28)23(30)31-24(2,3)4/h6-12H,5,13-16H2,1-4H3. The largest absolute Gasteiger partial charge is 0.444 e. The molecule has 7 heteroatoms. The van der Waals surface area contributed by atoms with E-state index in [2.05, 4.69) is 11.7 Å². The molecule has 2 aromatic rings. The lowest BCUT2D eigenvalue weighted by molar-refractivity contribution is 0.0186. The summed E-state index contributed by atoms with van der Waals surface area (Å²) in [7, 11) is 0. The Morgan fingerprint density at radius 2 is 1.61 bits per heavy atom. The number of aryl methyl sites for hydroxylation is 1. The zero-order chi connectivity index (χ0) is 22.6. The Bertz CT molecular complexity index is 989. The molecule has 1 aliphatic rings. The molecule has 164 valence electrons. The van der Waals surface area contributed by atoms with Crippen LogP contribution in [0.15, 0.2) is 52.4 Å². The molecule has 0 unspecified atom stereocenters. The number of benzene rings is 2. The van der Waals surface area contributed by atoms with Crippen molar-refractivity contribution in [3.05, 3.63) is 53.1 Å². The summed E-state index contributed by atoms with van der Waals surface area (Å²) >= 11 is 6.45. The maximum absolute atomic E-state index is 12.3. The van der Waals surface area contributed by atoms with Gasteiger partial charge in [-0.15, -0.1) is 0 Å². The number of guanidine groups is 1. The third-order valence-corrected chi connectivity index (χ3v) is 5.30. The number of piperazine rings is 1. The van der Waals surface area contributed by atoms with E-state index in [4.69, 9.17) is 21.3 Å². The lowest BCUT2D eigenvalue weighted by Crippen LogP contribution is -2.51. The number of nitrogens with zero attached hydrogens (tertiary/aromatic N) is 4. The van der Waals surface area contributed by atoms with Gasteiger partial charge in [0.2, 0.25) is 5.96 Å². The van der Waals surface area contributed by atoms with Crippen LogP contribution in [0.4, 0.5) is 10.5 Å². The van der Waals surface area contributed by atoms with Gasteiger partial charge in [0.05, 0.1) is 5.69 Å². The minimum atomic E-state index is -0.510. The second-order valence-corrected chi connectivity index (χ2v) is 8.88. The number of aliphatic imine (C=N–C) groups is 2. The van der Waals surface area contributed by atoms with Crippen LogP contribution in [0.25, 0.3) is 11.1 Å². The third-order valence-electron chi connectivity index (χ3n) is 4.97. The lowest BCUT2D eigenvalue weighted by Gasteiger charge is -2.36. The van der Waals surface area contributed by atoms with Crippen LogP contribution in [0.1, 0.15) is 26.3 Å². The van der Waals surface area contributed by atoms with Crippen molar-refractivity contribution in [2.45, 2.75) is 33.3 Å². The fraction of sp³-hybridized carbons (Fsp3) is 0.375. The fourth-order valence-corrected chi connectivity index (χ4v) is 3.66. The normalized spacial score (nSPS) is 15.1. The zero-order valence-electron chi connectivity index (χ0n) is 18.6. The van der Waals surface area contributed by atoms with Gasteiger partial charge in [0.25, 0.3) is 0 Å². The minimum Gasteiger partial charge on any atom is -0.444 e. The van der Waals surface area contributed by atoms with Gasteiger partial charge in [-0.1, -0.05) is 48.0 Å². The predicted octanol–water partition coefficient (Wildman–Crippen LogP) is 5.56. The first-order valence-corrected chi connectivity index (χ1v) is 10.7. The maximum atomic E-state index is 12.3. The van der Waals surface area contributed by atoms with Crippen molar-refractivity contribution in [1.82, 2.24) is 9.80 Å². The topological polar surface area (TPSA) is 57.5 Å². The highest BCUT2D eigenvalue weighted by Crippen LogP contribution is 2.37. The number of para-hydroxylation sites is 1. The highest BCUT2D eigenvalue weighted by molar-refractivity contribution is 6.33. The number of rotatable bonds is 2. The van der Waals surface area contributed by atoms with E-state index in [1.54, 1.807) is 4.90 Å². The van der Waals surface area contributed by atoms with Crippen molar-refractivity contribution in [1.29, 1.82) is 0 Å². The number of halogens is 1. The van der Waals surface area contributed by atoms with Crippen LogP contribution in [0.2, 0.25) is 5.02 Å². The average Bonchev–Trinajstić information content (AvgIpc) is 2.72. The van der Waals surface area contributed by atoms with Gasteiger partial charge in [0, 0.05) is 42.3 Å². The van der Waals surface area contributed by atoms with Crippen LogP contribution in [-0.4, -0.2) is 60.4 Å². The predicted molar refractivity (Wildman–Crippen MR) is 128 cm³/mol. The van der Waals surface area contributed by atoms with Gasteiger partial charge in [0.1, 0.15) is 5.60 Å². The summed E-state index contributed by atoms with van der Waals surface area (Å²) in [6.45, 7) is 13.6. The van der Waals surface area contributed by atoms with Crippen LogP contribution in [0.5, 0.6) is 0 Å². The van der Waals surface area contributed by atoms with Crippen LogP contribution < -0.4 is 0 Å². The van der Waals surface area contributed by atoms with Crippen molar-refractivity contribution >= 4 is 36.1 Å². The van der Waals surface area contributed by atoms with E-state index < -0.39 is 5.60 Å². The van der Waals surface area contributed by atoms with Gasteiger partial charge in [-0.3, -0.25) is 0 Å². The minimum absolute atomic E-state index is 0.294. The Balaban J connectivity index is 1.83. The zero-order valence-corrected chi connectivity index (χ0v) is 19.3. The van der Waals surface area contributed by atoms with E-state index in [0.717, 1.165) is 22.4 Å². The van der Waals surface area contributed by atoms with E-state index in [-0.39, 0.29) is 6.09 Å². The fourth-order valence-electron chi connectivity index (χ4n) is 3.43. The molecule has 0 aromatic heterocycles. The van der Waals surface area contributed by atoms with E-state index in [1.165, 1.54) is 0 Å². The van der Waals surface area contributed by atoms with E-state index in [0.29, 0.717) is 37.2 Å². The van der Waals surface area contributed by atoms with Crippen molar-refractivity contribution in [3.8, 4) is 11.1 Å². The summed E-state index contributed by atoms with van der Waals surface area (Å²) in [5.74, 6) is 0.534. The number of amides is 1. The molecule has 31 heavy (non-hydrogen) atoms. The SMILES string of the molecule is C=NC(=Nc1c(C)cccc1-c1ccccc1Cl)N1CCN(C(=O)OC(C)(C)C)CC1. The van der Waals surface area contributed by atoms with E-state index >= 15 is 0 Å². The molecular weight excluding hydrogens is 412 g/mol. The molecule has 1 heterocycles. The van der Waals surface area contributed by atoms with Gasteiger partial charge in [-0.05, 0) is 46.0 Å². The summed E-state index contributed by atoms with van der Waals surface area (Å²) in [4.78, 5) is 25.1. The summed E-state index contributed by atoms with van der Waals surface area (Å²) in [5, 5.41) is 0.670. The molecule has 0 radical (unpaired) electrons. The first-order valence-electron chi connectivity index (χ1n) is 10.3. The maximum Gasteiger partial charge on any atom is 0.410 e. The van der Waals surface area contributed by atoms with Gasteiger partial charge in [-0.2, -0.15) is 0 Å². The Labute approximate surface area is 189 Å². The highest BCUT2D eigenvalue weighted by atomic mass is 35.5. The molecule has 0 N–H and O–H groups in total. The Hall–Kier alpha value is -2.86. The third kappa shape index (κ3) is 5.64. The van der Waals surface area contributed by atoms with Gasteiger partial charge in [0.15, 0.2) is 0 Å². The molecule has 1 amide bonds. The summed E-state index contributed by atoms with van der Waals surface area (Å²) in [5.41, 5.74) is 3.19. The van der Waals surface area contributed by atoms with Gasteiger partial charge >= 0.3 is 6.09 Å². The van der Waals surface area contributed by atoms with Crippen LogP contribution >= 0.6 is 11.6 Å². The Morgan fingerprint density at radius 1 is 1.00 bits per heavy atom. The van der Waals surface area contributed by atoms with Gasteiger partial charge < -0.3 is 14.5 Å². The molecule has 6 nitrogen and oxygen atoms in total. The first-order chi connectivity index (χ1) is 14.7. The van der Waals surface area contributed by atoms with Crippen molar-refractivity contribution in [2.75, 3.05) is 26.2 Å². The molecule has 3 rings (SSSR count). The van der Waals surface area contributed by atoms with E-state index in [1.807, 2.05) is 75.1 Å². The number of ether oxygens (including phenoxy) is 1. The van der Waals surface area contributed by atoms with Crippen molar-refractivity contribution in [2.24, 2.45) is 9.98 Å². The summed E-state index contributed by atoms with van der Waals surface area (Å²) in [6, 6.07) is 13.7. The molecule has 0 bridgehead atoms. The number of hydrogen-bond acceptors (Lipinski definition) is 3. The highest BCUT2D eigenvalue weighted by Gasteiger charge is 2.27. The van der Waals surface area contributed by atoms with Crippen LogP contribution in [0.3, 0.4) is 0 Å². The molecule has 0 atom stereocenters. The lowest BCUT2D eigenvalue weighted by atomic mass is 10.0. The second kappa shape index (κ2) is 9.52. The molecule has 2 aromatic carbocycles. The Morgan fingerprint density at radius 3 is 2.23 bits per heavy atom. The van der Waals surface area contributed by atoms with Crippen LogP contribution in [0, 0.1) is 6.92 Å². The Kier molecular flexibility index (Phi) is 7.01. The molecular formula is C24H29ClN4O2. The molecule has 1 saturated heterocycles. The quantitative estimate of drug-likeness (QED) is 0.454. The number of hydrogen-bond donors (Lipinski definition) is 0. The molecule has 0 saturated carbocycles. The van der Waals surface area contributed by atoms with Gasteiger partial charge in [-0.25, -0.2) is 14.8 Å². The second-order valence-electron chi connectivity index (χ2n) is 8.48.